The number of aliphatic hydroxyl groups excluding tert-OH is 11. The Hall–Kier alpha value is -1.99. The number of rotatable bonds is 38. The second kappa shape index (κ2) is 37.7. The van der Waals surface area contributed by atoms with E-state index in [0.29, 0.717) is 12.8 Å². The Balaban J connectivity index is 1.50. The fourth-order valence-corrected chi connectivity index (χ4v) is 9.14. The van der Waals surface area contributed by atoms with E-state index in [2.05, 4.69) is 55.6 Å². The molecule has 0 radical (unpaired) electrons. The van der Waals surface area contributed by atoms with E-state index >= 15 is 0 Å². The first-order valence-corrected chi connectivity index (χ1v) is 27.2. The number of carbonyl (C=O) groups excluding carboxylic acids is 1. The van der Waals surface area contributed by atoms with Crippen molar-refractivity contribution in [2.45, 2.75) is 266 Å². The number of hydrogen-bond donors (Lipinski definition) is 12. The highest BCUT2D eigenvalue weighted by Crippen LogP contribution is 2.33. The van der Waals surface area contributed by atoms with Gasteiger partial charge in [0.2, 0.25) is 5.91 Å². The van der Waals surface area contributed by atoms with E-state index in [-0.39, 0.29) is 18.9 Å². The van der Waals surface area contributed by atoms with Gasteiger partial charge in [-0.1, -0.05) is 140 Å². The maximum atomic E-state index is 13.2. The minimum Gasteiger partial charge on any atom is -0.394 e. The minimum atomic E-state index is -1.97. The van der Waals surface area contributed by atoms with Gasteiger partial charge in [0.15, 0.2) is 18.9 Å². The summed E-state index contributed by atoms with van der Waals surface area (Å²) in [5.74, 6) is -0.261. The van der Waals surface area contributed by atoms with Crippen LogP contribution in [0.1, 0.15) is 162 Å². The number of ether oxygens (including phenoxy) is 6. The lowest BCUT2D eigenvalue weighted by molar-refractivity contribution is -0.379. The lowest BCUT2D eigenvalue weighted by Crippen LogP contribution is -2.66. The average Bonchev–Trinajstić information content (AvgIpc) is 3.37. The van der Waals surface area contributed by atoms with E-state index in [1.807, 2.05) is 0 Å². The van der Waals surface area contributed by atoms with Gasteiger partial charge in [0.05, 0.1) is 38.6 Å². The third kappa shape index (κ3) is 22.7. The van der Waals surface area contributed by atoms with Crippen molar-refractivity contribution in [1.82, 2.24) is 5.32 Å². The molecular formula is C53H95NO18. The molecule has 0 aromatic carbocycles. The van der Waals surface area contributed by atoms with Crippen LogP contribution in [0.2, 0.25) is 0 Å². The number of amides is 1. The first-order chi connectivity index (χ1) is 34.8. The van der Waals surface area contributed by atoms with Crippen LogP contribution in [-0.4, -0.2) is 193 Å². The summed E-state index contributed by atoms with van der Waals surface area (Å²) < 4.78 is 34.1. The standard InChI is InChI=1S/C53H95NO18/c1-3-5-7-9-11-13-14-15-16-17-18-19-20-21-22-23-25-27-29-31-41(59)54-36(37(58)30-28-26-24-12-10-8-6-4-2)35-67-51-47(65)44(62)49(39(33-56)69-51)72-53-48(66)45(63)50(40(34-57)70-53)71-52-46(64)43(61)42(60)38(32-55)68-52/h11,13,15-16,18-19,36-40,42-53,55-58,60-66H,3-10,12,14,17,20-35H2,1-2H3,(H,54,59)/b13-11-,16-15-,19-18-. The van der Waals surface area contributed by atoms with Crippen molar-refractivity contribution in [3.8, 4) is 0 Å². The number of allylic oxidation sites excluding steroid dienone is 6. The smallest absolute Gasteiger partial charge is 0.220 e. The lowest BCUT2D eigenvalue weighted by Gasteiger charge is -2.48. The maximum absolute atomic E-state index is 13.2. The third-order valence-corrected chi connectivity index (χ3v) is 13.7. The summed E-state index contributed by atoms with van der Waals surface area (Å²) in [5.41, 5.74) is 0. The van der Waals surface area contributed by atoms with Crippen LogP contribution < -0.4 is 5.32 Å². The van der Waals surface area contributed by atoms with E-state index < -0.39 is 124 Å². The van der Waals surface area contributed by atoms with E-state index in [0.717, 1.165) is 89.9 Å². The van der Waals surface area contributed by atoms with Gasteiger partial charge in [0.25, 0.3) is 0 Å². The molecule has 0 bridgehead atoms. The van der Waals surface area contributed by atoms with Crippen LogP contribution in [0.4, 0.5) is 0 Å². The monoisotopic (exact) mass is 1030 g/mol. The number of nitrogens with one attached hydrogen (secondary N) is 1. The summed E-state index contributed by atoms with van der Waals surface area (Å²) in [6, 6.07) is -0.891. The van der Waals surface area contributed by atoms with E-state index in [1.165, 1.54) is 38.5 Å². The summed E-state index contributed by atoms with van der Waals surface area (Å²) in [4.78, 5) is 13.2. The molecule has 0 spiro atoms. The average molecular weight is 1030 g/mol. The molecule has 19 nitrogen and oxygen atoms in total. The Labute approximate surface area is 428 Å². The normalized spacial score (nSPS) is 32.3. The van der Waals surface area contributed by atoms with Gasteiger partial charge >= 0.3 is 0 Å². The van der Waals surface area contributed by atoms with Crippen molar-refractivity contribution >= 4 is 5.91 Å². The minimum absolute atomic E-state index is 0.250. The molecule has 0 aromatic rings. The summed E-state index contributed by atoms with van der Waals surface area (Å²) in [6.07, 6.45) is 9.78. The molecule has 0 aromatic heterocycles. The Morgan fingerprint density at radius 3 is 1.46 bits per heavy atom. The van der Waals surface area contributed by atoms with E-state index in [4.69, 9.17) is 28.4 Å². The summed E-state index contributed by atoms with van der Waals surface area (Å²) in [6.45, 7) is 1.67. The predicted molar refractivity (Wildman–Crippen MR) is 268 cm³/mol. The molecule has 3 aliphatic rings. The van der Waals surface area contributed by atoms with E-state index in [1.54, 1.807) is 0 Å². The molecule has 3 fully saturated rings. The van der Waals surface area contributed by atoms with Crippen LogP contribution in [0, 0.1) is 0 Å². The van der Waals surface area contributed by atoms with Crippen molar-refractivity contribution in [2.24, 2.45) is 0 Å². The summed E-state index contributed by atoms with van der Waals surface area (Å²) in [5, 5.41) is 120. The second-order valence-corrected chi connectivity index (χ2v) is 19.7. The predicted octanol–water partition coefficient (Wildman–Crippen LogP) is 2.98. The summed E-state index contributed by atoms with van der Waals surface area (Å²) >= 11 is 0. The summed E-state index contributed by atoms with van der Waals surface area (Å²) in [7, 11) is 0. The topological polar surface area (TPSA) is 307 Å². The molecular weight excluding hydrogens is 939 g/mol. The number of aliphatic hydroxyl groups is 11. The van der Waals surface area contributed by atoms with Crippen LogP contribution >= 0.6 is 0 Å². The zero-order valence-electron chi connectivity index (χ0n) is 43.1. The van der Waals surface area contributed by atoms with Crippen molar-refractivity contribution in [1.29, 1.82) is 0 Å². The zero-order chi connectivity index (χ0) is 52.7. The maximum Gasteiger partial charge on any atom is 0.220 e. The molecule has 12 N–H and O–H groups in total. The van der Waals surface area contributed by atoms with Crippen LogP contribution in [0.5, 0.6) is 0 Å². The largest absolute Gasteiger partial charge is 0.394 e. The van der Waals surface area contributed by atoms with Gasteiger partial charge in [0, 0.05) is 6.42 Å². The number of hydrogen-bond acceptors (Lipinski definition) is 18. The Morgan fingerprint density at radius 2 is 0.917 bits per heavy atom. The van der Waals surface area contributed by atoms with Crippen LogP contribution in [0.25, 0.3) is 0 Å². The highest BCUT2D eigenvalue weighted by molar-refractivity contribution is 5.76. The molecule has 3 aliphatic heterocycles. The third-order valence-electron chi connectivity index (χ3n) is 13.7. The molecule has 3 heterocycles. The van der Waals surface area contributed by atoms with Crippen molar-refractivity contribution in [3.63, 3.8) is 0 Å². The van der Waals surface area contributed by atoms with E-state index in [9.17, 15) is 61.0 Å². The highest BCUT2D eigenvalue weighted by atomic mass is 16.8. The number of unbranched alkanes of at least 4 members (excludes halogenated alkanes) is 16. The van der Waals surface area contributed by atoms with Crippen molar-refractivity contribution in [2.75, 3.05) is 26.4 Å². The van der Waals surface area contributed by atoms with Gasteiger partial charge in [-0.15, -0.1) is 0 Å². The van der Waals surface area contributed by atoms with Gasteiger partial charge in [-0.3, -0.25) is 4.79 Å². The highest BCUT2D eigenvalue weighted by Gasteiger charge is 2.53. The molecule has 3 saturated heterocycles. The Kier molecular flexibility index (Phi) is 33.7. The van der Waals surface area contributed by atoms with Gasteiger partial charge in [0.1, 0.15) is 73.2 Å². The van der Waals surface area contributed by atoms with Crippen molar-refractivity contribution in [3.05, 3.63) is 36.5 Å². The van der Waals surface area contributed by atoms with Gasteiger partial charge < -0.3 is 89.9 Å². The molecule has 17 atom stereocenters. The molecule has 3 rings (SSSR count). The fraction of sp³-hybridized carbons (Fsp3) is 0.868. The first-order valence-electron chi connectivity index (χ1n) is 27.2. The van der Waals surface area contributed by atoms with Gasteiger partial charge in [-0.2, -0.15) is 0 Å². The molecule has 19 heteroatoms. The van der Waals surface area contributed by atoms with Crippen molar-refractivity contribution < 1.29 is 89.4 Å². The SMILES string of the molecule is CCCCC/C=C\C/C=C\C/C=C\CCCCCCCCC(=O)NC(COC1OC(CO)C(OC2OC(CO)C(OC3OC(CO)C(O)C(O)C3O)C(O)C2O)C(O)C1O)C(O)CCCCCCCCCC. The molecule has 72 heavy (non-hydrogen) atoms. The molecule has 0 saturated carbocycles. The van der Waals surface area contributed by atoms with Gasteiger partial charge in [-0.25, -0.2) is 0 Å². The lowest BCUT2D eigenvalue weighted by atomic mass is 9.96. The number of carbonyl (C=O) groups is 1. The zero-order valence-corrected chi connectivity index (χ0v) is 43.1. The first kappa shape index (κ1) is 64.3. The molecule has 420 valence electrons. The van der Waals surface area contributed by atoms with Gasteiger partial charge in [-0.05, 0) is 51.4 Å². The second-order valence-electron chi connectivity index (χ2n) is 19.7. The molecule has 1 amide bonds. The fourth-order valence-electron chi connectivity index (χ4n) is 9.14. The Bertz CT molecular complexity index is 1470. The quantitative estimate of drug-likeness (QED) is 0.0313. The Morgan fingerprint density at radius 1 is 0.500 bits per heavy atom. The van der Waals surface area contributed by atoms with Crippen LogP contribution in [-0.2, 0) is 33.2 Å². The molecule has 0 aliphatic carbocycles. The van der Waals surface area contributed by atoms with Crippen LogP contribution in [0.3, 0.4) is 0 Å². The van der Waals surface area contributed by atoms with Crippen LogP contribution in [0.15, 0.2) is 36.5 Å². The molecule has 17 unspecified atom stereocenters.